The number of anilines is 1. The molecule has 4 heterocycles. The van der Waals surface area contributed by atoms with E-state index in [9.17, 15) is 0 Å². The maximum atomic E-state index is 6.21. The molecule has 1 aromatic carbocycles. The zero-order chi connectivity index (χ0) is 18.9. The third kappa shape index (κ3) is 3.34. The smallest absolute Gasteiger partial charge is 0.249 e. The molecule has 0 unspecified atom stereocenters. The highest BCUT2D eigenvalue weighted by atomic mass is 35.5. The van der Waals surface area contributed by atoms with E-state index >= 15 is 0 Å². The average Bonchev–Trinajstić information content (AvgIpc) is 3.38. The van der Waals surface area contributed by atoms with Gasteiger partial charge in [0.25, 0.3) is 0 Å². The maximum absolute atomic E-state index is 6.21. The lowest BCUT2D eigenvalue weighted by molar-refractivity contribution is 0.226. The van der Waals surface area contributed by atoms with Crippen molar-refractivity contribution >= 4 is 39.0 Å². The molecule has 1 fully saturated rings. The van der Waals surface area contributed by atoms with Crippen LogP contribution in [0.1, 0.15) is 5.89 Å². The fourth-order valence-electron chi connectivity index (χ4n) is 3.40. The largest absolute Gasteiger partial charge is 0.419 e. The van der Waals surface area contributed by atoms with Crippen molar-refractivity contribution < 1.29 is 4.42 Å². The molecule has 5 rings (SSSR count). The Balaban J connectivity index is 1.25. The van der Waals surface area contributed by atoms with Gasteiger partial charge in [0.05, 0.1) is 22.5 Å². The first-order valence-corrected chi connectivity index (χ1v) is 10.3. The number of nitrogens with zero attached hydrogens (tertiary/aromatic N) is 6. The second-order valence-electron chi connectivity index (χ2n) is 6.58. The zero-order valence-corrected chi connectivity index (χ0v) is 16.5. The van der Waals surface area contributed by atoms with Crippen molar-refractivity contribution in [1.29, 1.82) is 0 Å². The summed E-state index contributed by atoms with van der Waals surface area (Å²) in [5.41, 5.74) is 0.760. The highest BCUT2D eigenvalue weighted by Crippen LogP contribution is 2.28. The van der Waals surface area contributed by atoms with E-state index in [1.165, 1.54) is 0 Å². The number of rotatable bonds is 4. The highest BCUT2D eigenvalue weighted by Gasteiger charge is 2.22. The lowest BCUT2D eigenvalue weighted by Gasteiger charge is -2.34. The number of halogens is 1. The van der Waals surface area contributed by atoms with Crippen LogP contribution in [-0.2, 0) is 6.54 Å². The molecular weight excluding hydrogens is 396 g/mol. The van der Waals surface area contributed by atoms with E-state index in [2.05, 4.69) is 41.4 Å². The number of thiophene rings is 1. The molecule has 1 saturated heterocycles. The van der Waals surface area contributed by atoms with E-state index < -0.39 is 0 Å². The van der Waals surface area contributed by atoms with Crippen molar-refractivity contribution in [2.24, 2.45) is 0 Å². The molecule has 4 aromatic rings. The van der Waals surface area contributed by atoms with E-state index in [1.807, 2.05) is 24.3 Å². The summed E-state index contributed by atoms with van der Waals surface area (Å²) in [6.45, 7) is 4.22. The molecule has 0 atom stereocenters. The minimum atomic E-state index is 0.458. The summed E-state index contributed by atoms with van der Waals surface area (Å²) in [4.78, 5) is 14.5. The number of benzene rings is 1. The van der Waals surface area contributed by atoms with Crippen LogP contribution in [0.5, 0.6) is 0 Å². The van der Waals surface area contributed by atoms with Crippen molar-refractivity contribution in [3.63, 3.8) is 0 Å². The van der Waals surface area contributed by atoms with E-state index in [1.54, 1.807) is 17.7 Å². The molecule has 7 nitrogen and oxygen atoms in total. The van der Waals surface area contributed by atoms with Crippen LogP contribution in [0.2, 0.25) is 5.02 Å². The number of fused-ring (bicyclic) bond motifs is 1. The Kier molecular flexibility index (Phi) is 4.67. The molecule has 0 N–H and O–H groups in total. The predicted octanol–water partition coefficient (Wildman–Crippen LogP) is 3.72. The first-order chi connectivity index (χ1) is 13.8. The van der Waals surface area contributed by atoms with Crippen LogP contribution in [0.4, 0.5) is 5.82 Å². The normalized spacial score (nSPS) is 15.4. The van der Waals surface area contributed by atoms with Gasteiger partial charge in [0.15, 0.2) is 0 Å². The molecule has 0 amide bonds. The maximum Gasteiger partial charge on any atom is 0.249 e. The molecule has 3 aromatic heterocycles. The van der Waals surface area contributed by atoms with Gasteiger partial charge < -0.3 is 9.32 Å². The lowest BCUT2D eigenvalue weighted by Crippen LogP contribution is -2.46. The van der Waals surface area contributed by atoms with Gasteiger partial charge in [-0.1, -0.05) is 23.7 Å². The fraction of sp³-hybridized carbons (Fsp3) is 0.263. The van der Waals surface area contributed by atoms with E-state index in [0.717, 1.165) is 47.8 Å². The van der Waals surface area contributed by atoms with Crippen LogP contribution in [0.3, 0.4) is 0 Å². The van der Waals surface area contributed by atoms with Crippen molar-refractivity contribution in [3.8, 4) is 11.5 Å². The summed E-state index contributed by atoms with van der Waals surface area (Å²) in [5.74, 6) is 2.08. The summed E-state index contributed by atoms with van der Waals surface area (Å²) in [5, 5.41) is 12.1. The molecule has 0 saturated carbocycles. The lowest BCUT2D eigenvalue weighted by atomic mass is 10.2. The van der Waals surface area contributed by atoms with Gasteiger partial charge in [0.2, 0.25) is 11.8 Å². The van der Waals surface area contributed by atoms with Gasteiger partial charge in [0.1, 0.15) is 17.0 Å². The highest BCUT2D eigenvalue weighted by molar-refractivity contribution is 7.16. The summed E-state index contributed by atoms with van der Waals surface area (Å²) in [7, 11) is 0. The molecule has 0 radical (unpaired) electrons. The van der Waals surface area contributed by atoms with Gasteiger partial charge in [-0.2, -0.15) is 0 Å². The Morgan fingerprint density at radius 2 is 1.89 bits per heavy atom. The third-order valence-corrected chi connectivity index (χ3v) is 5.99. The molecule has 142 valence electrons. The standard InChI is InChI=1S/C19H17ClN6OS/c20-15-4-2-1-3-13(15)18-24-23-16(27-18)11-25-6-8-26(9-7-25)17-14-5-10-28-19(14)22-12-21-17/h1-5,10,12H,6-9,11H2. The van der Waals surface area contributed by atoms with Crippen LogP contribution in [-0.4, -0.2) is 51.2 Å². The van der Waals surface area contributed by atoms with Crippen molar-refractivity contribution in [2.45, 2.75) is 6.54 Å². The number of piperazine rings is 1. The van der Waals surface area contributed by atoms with Crippen LogP contribution in [0.15, 0.2) is 46.5 Å². The molecule has 0 aliphatic carbocycles. The minimum Gasteiger partial charge on any atom is -0.419 e. The molecule has 1 aliphatic heterocycles. The second kappa shape index (κ2) is 7.46. The average molecular weight is 413 g/mol. The number of hydrogen-bond donors (Lipinski definition) is 0. The van der Waals surface area contributed by atoms with Gasteiger partial charge >= 0.3 is 0 Å². The Morgan fingerprint density at radius 3 is 2.75 bits per heavy atom. The van der Waals surface area contributed by atoms with Crippen molar-refractivity contribution in [3.05, 3.63) is 53.0 Å². The molecule has 0 spiro atoms. The minimum absolute atomic E-state index is 0.458. The number of aromatic nitrogens is 4. The molecule has 1 aliphatic rings. The van der Waals surface area contributed by atoms with Gasteiger partial charge in [-0.15, -0.1) is 21.5 Å². The SMILES string of the molecule is Clc1ccccc1-c1nnc(CN2CCN(c3ncnc4sccc34)CC2)o1. The molecule has 0 bridgehead atoms. The first kappa shape index (κ1) is 17.5. The van der Waals surface area contributed by atoms with Gasteiger partial charge in [-0.05, 0) is 23.6 Å². The first-order valence-electron chi connectivity index (χ1n) is 9.01. The topological polar surface area (TPSA) is 71.2 Å². The Bertz CT molecular complexity index is 1100. The van der Waals surface area contributed by atoms with Gasteiger partial charge in [-0.3, -0.25) is 4.90 Å². The number of hydrogen-bond acceptors (Lipinski definition) is 8. The monoisotopic (exact) mass is 412 g/mol. The summed E-state index contributed by atoms with van der Waals surface area (Å²) in [6, 6.07) is 9.57. The van der Waals surface area contributed by atoms with Crippen LogP contribution in [0, 0.1) is 0 Å². The van der Waals surface area contributed by atoms with Crippen LogP contribution < -0.4 is 4.90 Å². The summed E-state index contributed by atoms with van der Waals surface area (Å²) >= 11 is 7.86. The predicted molar refractivity (Wildman–Crippen MR) is 110 cm³/mol. The quantitative estimate of drug-likeness (QED) is 0.505. The van der Waals surface area contributed by atoms with Crippen molar-refractivity contribution in [2.75, 3.05) is 31.1 Å². The van der Waals surface area contributed by atoms with E-state index in [4.69, 9.17) is 16.0 Å². The second-order valence-corrected chi connectivity index (χ2v) is 7.88. The molecule has 28 heavy (non-hydrogen) atoms. The third-order valence-electron chi connectivity index (χ3n) is 4.84. The van der Waals surface area contributed by atoms with Gasteiger partial charge in [0, 0.05) is 26.2 Å². The van der Waals surface area contributed by atoms with Crippen LogP contribution >= 0.6 is 22.9 Å². The van der Waals surface area contributed by atoms with E-state index in [-0.39, 0.29) is 0 Å². The summed E-state index contributed by atoms with van der Waals surface area (Å²) in [6.07, 6.45) is 1.65. The summed E-state index contributed by atoms with van der Waals surface area (Å²) < 4.78 is 5.83. The Morgan fingerprint density at radius 1 is 1.04 bits per heavy atom. The van der Waals surface area contributed by atoms with Crippen molar-refractivity contribution in [1.82, 2.24) is 25.1 Å². The Labute approximate surface area is 170 Å². The molecular formula is C19H17ClN6OS. The fourth-order valence-corrected chi connectivity index (χ4v) is 4.34. The van der Waals surface area contributed by atoms with Gasteiger partial charge in [-0.25, -0.2) is 9.97 Å². The van der Waals surface area contributed by atoms with E-state index in [0.29, 0.717) is 23.3 Å². The Hall–Kier alpha value is -2.55. The molecule has 9 heteroatoms. The van der Waals surface area contributed by atoms with Crippen LogP contribution in [0.25, 0.3) is 21.7 Å². The zero-order valence-electron chi connectivity index (χ0n) is 15.0.